The first-order valence-corrected chi connectivity index (χ1v) is 5.42. The van der Waals surface area contributed by atoms with Gasteiger partial charge in [-0.05, 0) is 12.8 Å². The Morgan fingerprint density at radius 2 is 2.20 bits per heavy atom. The lowest BCUT2D eigenvalue weighted by molar-refractivity contribution is -0.148. The number of aliphatic carboxylic acids is 1. The molecule has 1 saturated carbocycles. The third-order valence-electron chi connectivity index (χ3n) is 3.37. The maximum atomic E-state index is 11.1. The van der Waals surface area contributed by atoms with Crippen LogP contribution in [-0.2, 0) is 9.59 Å². The number of carbonyl (C=O) groups is 2. The average molecular weight is 212 g/mol. The van der Waals surface area contributed by atoms with E-state index in [0.29, 0.717) is 19.5 Å². The largest absolute Gasteiger partial charge is 0.481 e. The molecule has 15 heavy (non-hydrogen) atoms. The van der Waals surface area contributed by atoms with Crippen LogP contribution in [0.25, 0.3) is 0 Å². The number of hydrogen-bond acceptors (Lipinski definition) is 3. The summed E-state index contributed by atoms with van der Waals surface area (Å²) in [6.45, 7) is 2.11. The molecule has 2 N–H and O–H groups in total. The van der Waals surface area contributed by atoms with Gasteiger partial charge in [0.2, 0.25) is 5.91 Å². The van der Waals surface area contributed by atoms with Crippen molar-refractivity contribution in [1.82, 2.24) is 10.2 Å². The highest BCUT2D eigenvalue weighted by molar-refractivity contribution is 5.76. The summed E-state index contributed by atoms with van der Waals surface area (Å²) in [7, 11) is 0. The molecule has 2 atom stereocenters. The molecule has 0 spiro atoms. The first kappa shape index (κ1) is 10.4. The van der Waals surface area contributed by atoms with E-state index in [0.717, 1.165) is 19.4 Å². The quantitative estimate of drug-likeness (QED) is 0.657. The van der Waals surface area contributed by atoms with Crippen molar-refractivity contribution in [2.75, 3.05) is 19.6 Å². The van der Waals surface area contributed by atoms with Crippen molar-refractivity contribution in [2.24, 2.45) is 5.92 Å². The molecule has 0 radical (unpaired) electrons. The minimum Gasteiger partial charge on any atom is -0.481 e. The number of nitrogens with one attached hydrogen (secondary N) is 1. The summed E-state index contributed by atoms with van der Waals surface area (Å²) in [5.74, 6) is -0.850. The maximum Gasteiger partial charge on any atom is 0.308 e. The zero-order chi connectivity index (χ0) is 10.8. The molecule has 1 aliphatic carbocycles. The van der Waals surface area contributed by atoms with E-state index in [1.54, 1.807) is 0 Å². The van der Waals surface area contributed by atoms with Gasteiger partial charge in [-0.1, -0.05) is 0 Å². The van der Waals surface area contributed by atoms with Gasteiger partial charge in [0, 0.05) is 32.1 Å². The Bertz CT molecular complexity index is 280. The first-order valence-electron chi connectivity index (χ1n) is 5.42. The Kier molecular flexibility index (Phi) is 2.90. The smallest absolute Gasteiger partial charge is 0.308 e. The highest BCUT2D eigenvalue weighted by Gasteiger charge is 2.40. The lowest BCUT2D eigenvalue weighted by Crippen LogP contribution is -2.51. The van der Waals surface area contributed by atoms with Crippen LogP contribution in [0, 0.1) is 5.92 Å². The van der Waals surface area contributed by atoms with E-state index >= 15 is 0 Å². The van der Waals surface area contributed by atoms with Gasteiger partial charge in [0.1, 0.15) is 0 Å². The van der Waals surface area contributed by atoms with Crippen LogP contribution in [0.1, 0.15) is 19.3 Å². The van der Waals surface area contributed by atoms with E-state index < -0.39 is 5.97 Å². The van der Waals surface area contributed by atoms with Gasteiger partial charge < -0.3 is 10.4 Å². The van der Waals surface area contributed by atoms with Gasteiger partial charge in [0.05, 0.1) is 5.92 Å². The molecule has 0 bridgehead atoms. The molecule has 84 valence electrons. The van der Waals surface area contributed by atoms with E-state index in [4.69, 9.17) is 5.11 Å². The zero-order valence-electron chi connectivity index (χ0n) is 8.61. The van der Waals surface area contributed by atoms with Crippen LogP contribution >= 0.6 is 0 Å². The number of nitrogens with zero attached hydrogens (tertiary/aromatic N) is 1. The molecule has 2 fully saturated rings. The van der Waals surface area contributed by atoms with Crippen molar-refractivity contribution in [3.63, 3.8) is 0 Å². The van der Waals surface area contributed by atoms with E-state index in [9.17, 15) is 9.59 Å². The monoisotopic (exact) mass is 212 g/mol. The van der Waals surface area contributed by atoms with Crippen LogP contribution in [0.5, 0.6) is 0 Å². The van der Waals surface area contributed by atoms with Crippen molar-refractivity contribution in [3.05, 3.63) is 0 Å². The van der Waals surface area contributed by atoms with E-state index in [2.05, 4.69) is 10.2 Å². The number of carboxylic acids is 1. The fourth-order valence-electron chi connectivity index (χ4n) is 2.32. The van der Waals surface area contributed by atoms with E-state index in [1.165, 1.54) is 0 Å². The summed E-state index contributed by atoms with van der Waals surface area (Å²) in [5.41, 5.74) is 0. The highest BCUT2D eigenvalue weighted by Crippen LogP contribution is 2.32. The molecule has 5 nitrogen and oxygen atoms in total. The predicted molar refractivity (Wildman–Crippen MR) is 53.3 cm³/mol. The second kappa shape index (κ2) is 4.18. The van der Waals surface area contributed by atoms with Gasteiger partial charge in [-0.2, -0.15) is 0 Å². The number of carboxylic acid groups (broad SMARTS) is 1. The fraction of sp³-hybridized carbons (Fsp3) is 0.800. The molecular formula is C10H16N2O3. The molecule has 2 aliphatic rings. The van der Waals surface area contributed by atoms with Crippen LogP contribution < -0.4 is 5.32 Å². The summed E-state index contributed by atoms with van der Waals surface area (Å²) in [6.07, 6.45) is 2.21. The number of hydrogen-bond donors (Lipinski definition) is 2. The lowest BCUT2D eigenvalue weighted by atomic mass is 9.78. The third-order valence-corrected chi connectivity index (χ3v) is 3.37. The molecule has 2 unspecified atom stereocenters. The number of rotatable bonds is 2. The van der Waals surface area contributed by atoms with Gasteiger partial charge in [0.25, 0.3) is 0 Å². The van der Waals surface area contributed by atoms with Crippen LogP contribution in [-0.4, -0.2) is 47.6 Å². The lowest BCUT2D eigenvalue weighted by Gasteiger charge is -2.41. The molecule has 0 aromatic rings. The van der Waals surface area contributed by atoms with Crippen molar-refractivity contribution < 1.29 is 14.7 Å². The summed E-state index contributed by atoms with van der Waals surface area (Å²) >= 11 is 0. The second-order valence-electron chi connectivity index (χ2n) is 4.23. The molecule has 0 aromatic heterocycles. The normalized spacial score (nSPS) is 32.7. The molecular weight excluding hydrogens is 196 g/mol. The predicted octanol–water partition coefficient (Wildman–Crippen LogP) is -0.328. The fourth-order valence-corrected chi connectivity index (χ4v) is 2.32. The first-order chi connectivity index (χ1) is 7.18. The summed E-state index contributed by atoms with van der Waals surface area (Å²) in [4.78, 5) is 24.1. The Morgan fingerprint density at radius 1 is 1.40 bits per heavy atom. The average Bonchev–Trinajstić information content (AvgIpc) is 2.28. The van der Waals surface area contributed by atoms with Crippen LogP contribution in [0.2, 0.25) is 0 Å². The number of carbonyl (C=O) groups excluding carboxylic acids is 1. The Labute approximate surface area is 88.4 Å². The summed E-state index contributed by atoms with van der Waals surface area (Å²) in [5, 5.41) is 11.7. The van der Waals surface area contributed by atoms with E-state index in [-0.39, 0.29) is 17.9 Å². The van der Waals surface area contributed by atoms with Crippen LogP contribution in [0.15, 0.2) is 0 Å². The third kappa shape index (κ3) is 2.12. The van der Waals surface area contributed by atoms with Gasteiger partial charge in [-0.25, -0.2) is 0 Å². The van der Waals surface area contributed by atoms with Crippen LogP contribution in [0.3, 0.4) is 0 Å². The van der Waals surface area contributed by atoms with Crippen molar-refractivity contribution >= 4 is 11.9 Å². The second-order valence-corrected chi connectivity index (χ2v) is 4.23. The minimum atomic E-state index is -0.699. The van der Waals surface area contributed by atoms with Gasteiger partial charge in [-0.15, -0.1) is 0 Å². The Hall–Kier alpha value is -1.10. The molecule has 1 saturated heterocycles. The molecule has 1 amide bonds. The molecule has 5 heteroatoms. The van der Waals surface area contributed by atoms with Crippen molar-refractivity contribution in [1.29, 1.82) is 0 Å². The van der Waals surface area contributed by atoms with Crippen molar-refractivity contribution in [3.8, 4) is 0 Å². The molecule has 1 aliphatic heterocycles. The van der Waals surface area contributed by atoms with Gasteiger partial charge in [-0.3, -0.25) is 14.5 Å². The van der Waals surface area contributed by atoms with Crippen molar-refractivity contribution in [2.45, 2.75) is 25.3 Å². The topological polar surface area (TPSA) is 69.6 Å². The van der Waals surface area contributed by atoms with Gasteiger partial charge in [0.15, 0.2) is 0 Å². The SMILES string of the molecule is O=C1CCN(C2CCC2C(=O)O)CCN1. The molecule has 2 rings (SSSR count). The standard InChI is InChI=1S/C10H16N2O3/c13-9-3-5-12(6-4-11-9)8-2-1-7(8)10(14)15/h7-8H,1-6H2,(H,11,13)(H,14,15). The maximum absolute atomic E-state index is 11.1. The minimum absolute atomic E-state index is 0.0729. The molecule has 0 aromatic carbocycles. The number of amides is 1. The Balaban J connectivity index is 1.93. The summed E-state index contributed by atoms with van der Waals surface area (Å²) in [6, 6.07) is 0.148. The summed E-state index contributed by atoms with van der Waals surface area (Å²) < 4.78 is 0. The zero-order valence-corrected chi connectivity index (χ0v) is 8.61. The Morgan fingerprint density at radius 3 is 2.80 bits per heavy atom. The van der Waals surface area contributed by atoms with Gasteiger partial charge >= 0.3 is 5.97 Å². The highest BCUT2D eigenvalue weighted by atomic mass is 16.4. The van der Waals surface area contributed by atoms with E-state index in [1.807, 2.05) is 0 Å². The molecule has 1 heterocycles. The van der Waals surface area contributed by atoms with Crippen LogP contribution in [0.4, 0.5) is 0 Å².